The van der Waals surface area contributed by atoms with Gasteiger partial charge in [-0.1, -0.05) is 12.2 Å². The van der Waals surface area contributed by atoms with Gasteiger partial charge >= 0.3 is 12.1 Å². The molecule has 1 N–H and O–H groups in total. The van der Waals surface area contributed by atoms with Gasteiger partial charge in [0.25, 0.3) is 0 Å². The Morgan fingerprint density at radius 3 is 2.47 bits per heavy atom. The lowest BCUT2D eigenvalue weighted by Gasteiger charge is -2.23. The van der Waals surface area contributed by atoms with E-state index in [9.17, 15) is 18.0 Å². The number of carboxylic acid groups (broad SMARTS) is 1. The van der Waals surface area contributed by atoms with Crippen LogP contribution in [0.15, 0.2) is 30.6 Å². The molecule has 2 aromatic heterocycles. The molecule has 0 unspecified atom stereocenters. The van der Waals surface area contributed by atoms with E-state index in [0.29, 0.717) is 13.1 Å². The highest BCUT2D eigenvalue weighted by Gasteiger charge is 2.38. The SMILES string of the molecule is O=C(C1CC=CC1)N1CCCn2c(nnc2Cn2cccn2)C1.O=C(O)C(F)(F)F. The van der Waals surface area contributed by atoms with Crippen LogP contribution >= 0.6 is 0 Å². The molecule has 0 atom stereocenters. The van der Waals surface area contributed by atoms with E-state index in [1.807, 2.05) is 21.8 Å². The number of allylic oxidation sites excluding steroid dienone is 2. The summed E-state index contributed by atoms with van der Waals surface area (Å²) in [6, 6.07) is 1.90. The number of aliphatic carboxylic acids is 1. The molecule has 1 aliphatic heterocycles. The molecule has 9 nitrogen and oxygen atoms in total. The number of halogens is 3. The van der Waals surface area contributed by atoms with E-state index in [2.05, 4.69) is 32.0 Å². The first-order valence-corrected chi connectivity index (χ1v) is 9.38. The molecule has 0 aromatic carbocycles. The van der Waals surface area contributed by atoms with Crippen molar-refractivity contribution in [1.29, 1.82) is 0 Å². The molecule has 1 aliphatic carbocycles. The lowest BCUT2D eigenvalue weighted by Crippen LogP contribution is -2.35. The fourth-order valence-corrected chi connectivity index (χ4v) is 3.34. The number of fused-ring (bicyclic) bond motifs is 1. The Labute approximate surface area is 169 Å². The van der Waals surface area contributed by atoms with E-state index in [1.54, 1.807) is 6.20 Å². The predicted octanol–water partition coefficient (Wildman–Crippen LogP) is 1.85. The van der Waals surface area contributed by atoms with Gasteiger partial charge in [0, 0.05) is 31.4 Å². The number of hydrogen-bond donors (Lipinski definition) is 1. The van der Waals surface area contributed by atoms with Crippen LogP contribution in [-0.4, -0.2) is 59.1 Å². The number of hydrogen-bond acceptors (Lipinski definition) is 5. The molecule has 0 radical (unpaired) electrons. The van der Waals surface area contributed by atoms with Crippen LogP contribution in [0, 0.1) is 5.92 Å². The lowest BCUT2D eigenvalue weighted by atomic mass is 10.1. The van der Waals surface area contributed by atoms with Gasteiger partial charge in [-0.25, -0.2) is 4.79 Å². The molecule has 4 rings (SSSR count). The molecular weight excluding hydrogens is 405 g/mol. The first-order valence-electron chi connectivity index (χ1n) is 9.38. The van der Waals surface area contributed by atoms with E-state index in [-0.39, 0.29) is 11.8 Å². The Balaban J connectivity index is 0.000000318. The van der Waals surface area contributed by atoms with Gasteiger partial charge in [0.1, 0.15) is 6.54 Å². The van der Waals surface area contributed by atoms with Crippen molar-refractivity contribution in [1.82, 2.24) is 29.4 Å². The highest BCUT2D eigenvalue weighted by Crippen LogP contribution is 2.23. The number of alkyl halides is 3. The maximum Gasteiger partial charge on any atom is 0.490 e. The van der Waals surface area contributed by atoms with Crippen LogP contribution in [0.1, 0.15) is 30.9 Å². The number of amides is 1. The maximum atomic E-state index is 12.6. The largest absolute Gasteiger partial charge is 0.490 e. The summed E-state index contributed by atoms with van der Waals surface area (Å²) >= 11 is 0. The van der Waals surface area contributed by atoms with Crippen molar-refractivity contribution in [2.75, 3.05) is 6.54 Å². The van der Waals surface area contributed by atoms with Crippen molar-refractivity contribution in [2.45, 2.75) is 45.1 Å². The molecule has 0 bridgehead atoms. The van der Waals surface area contributed by atoms with E-state index < -0.39 is 12.1 Å². The zero-order chi connectivity index (χ0) is 21.7. The highest BCUT2D eigenvalue weighted by molar-refractivity contribution is 5.79. The summed E-state index contributed by atoms with van der Waals surface area (Å²) in [5, 5.41) is 20.0. The molecular formula is C18H21F3N6O3. The second-order valence-electron chi connectivity index (χ2n) is 6.94. The average Bonchev–Trinajstić information content (AvgIpc) is 3.43. The maximum absolute atomic E-state index is 12.6. The molecule has 1 amide bonds. The smallest absolute Gasteiger partial charge is 0.475 e. The van der Waals surface area contributed by atoms with Crippen molar-refractivity contribution in [3.8, 4) is 0 Å². The average molecular weight is 426 g/mol. The summed E-state index contributed by atoms with van der Waals surface area (Å²) in [5.41, 5.74) is 0. The van der Waals surface area contributed by atoms with Crippen molar-refractivity contribution in [2.24, 2.45) is 5.92 Å². The Morgan fingerprint density at radius 1 is 1.17 bits per heavy atom. The monoisotopic (exact) mass is 426 g/mol. The van der Waals surface area contributed by atoms with Crippen molar-refractivity contribution in [3.63, 3.8) is 0 Å². The molecule has 0 fully saturated rings. The molecule has 0 saturated heterocycles. The zero-order valence-corrected chi connectivity index (χ0v) is 16.0. The number of carboxylic acids is 1. The Morgan fingerprint density at radius 2 is 1.87 bits per heavy atom. The molecule has 162 valence electrons. The second kappa shape index (κ2) is 9.09. The normalized spacial score (nSPS) is 16.6. The quantitative estimate of drug-likeness (QED) is 0.751. The van der Waals surface area contributed by atoms with E-state index >= 15 is 0 Å². The molecule has 2 aliphatic rings. The summed E-state index contributed by atoms with van der Waals surface area (Å²) in [4.78, 5) is 23.5. The van der Waals surface area contributed by atoms with Gasteiger partial charge < -0.3 is 14.6 Å². The van der Waals surface area contributed by atoms with Gasteiger partial charge in [-0.3, -0.25) is 9.48 Å². The Hall–Kier alpha value is -3.18. The van der Waals surface area contributed by atoms with Gasteiger partial charge in [0.05, 0.1) is 6.54 Å². The minimum absolute atomic E-state index is 0.119. The van der Waals surface area contributed by atoms with Crippen LogP contribution in [0.2, 0.25) is 0 Å². The summed E-state index contributed by atoms with van der Waals surface area (Å²) in [6.45, 7) is 2.81. The zero-order valence-electron chi connectivity index (χ0n) is 16.0. The first-order chi connectivity index (χ1) is 14.3. The van der Waals surface area contributed by atoms with E-state index in [0.717, 1.165) is 44.0 Å². The number of carbonyl (C=O) groups is 2. The molecule has 0 spiro atoms. The number of carbonyl (C=O) groups excluding carboxylic acids is 1. The first kappa shape index (κ1) is 21.5. The fraction of sp³-hybridized carbons (Fsp3) is 0.500. The van der Waals surface area contributed by atoms with Gasteiger partial charge in [0.15, 0.2) is 11.6 Å². The van der Waals surface area contributed by atoms with Crippen LogP contribution in [0.3, 0.4) is 0 Å². The topological polar surface area (TPSA) is 106 Å². The molecule has 0 saturated carbocycles. The van der Waals surface area contributed by atoms with Gasteiger partial charge in [0.2, 0.25) is 5.91 Å². The second-order valence-corrected chi connectivity index (χ2v) is 6.94. The van der Waals surface area contributed by atoms with Gasteiger partial charge in [-0.15, -0.1) is 10.2 Å². The van der Waals surface area contributed by atoms with Crippen LogP contribution in [0.4, 0.5) is 13.2 Å². The molecule has 2 aromatic rings. The predicted molar refractivity (Wildman–Crippen MR) is 96.9 cm³/mol. The number of aromatic nitrogens is 5. The molecule has 3 heterocycles. The fourth-order valence-electron chi connectivity index (χ4n) is 3.34. The van der Waals surface area contributed by atoms with Crippen LogP contribution < -0.4 is 0 Å². The summed E-state index contributed by atoms with van der Waals surface area (Å²) in [6.07, 6.45) is 5.47. The highest BCUT2D eigenvalue weighted by atomic mass is 19.4. The minimum atomic E-state index is -5.08. The number of nitrogens with zero attached hydrogens (tertiary/aromatic N) is 6. The lowest BCUT2D eigenvalue weighted by molar-refractivity contribution is -0.192. The van der Waals surface area contributed by atoms with E-state index in [4.69, 9.17) is 9.90 Å². The van der Waals surface area contributed by atoms with Crippen LogP contribution in [0.25, 0.3) is 0 Å². The molecule has 12 heteroatoms. The Bertz CT molecular complexity index is 899. The third kappa shape index (κ3) is 5.24. The van der Waals surface area contributed by atoms with E-state index in [1.165, 1.54) is 0 Å². The van der Waals surface area contributed by atoms with Crippen LogP contribution in [0.5, 0.6) is 0 Å². The standard InChI is InChI=1S/C16H20N6O.C2HF3O2/c23-16(13-5-1-2-6-13)20-8-4-10-22-14(11-20)18-19-15(22)12-21-9-3-7-17-21;3-2(4,5)1(6)7/h1-3,7,9,13H,4-6,8,10-12H2;(H,6,7). The third-order valence-electron chi connectivity index (χ3n) is 4.82. The third-order valence-corrected chi connectivity index (χ3v) is 4.82. The van der Waals surface area contributed by atoms with Crippen molar-refractivity contribution < 1.29 is 27.9 Å². The summed E-state index contributed by atoms with van der Waals surface area (Å²) < 4.78 is 35.7. The summed E-state index contributed by atoms with van der Waals surface area (Å²) in [7, 11) is 0. The van der Waals surface area contributed by atoms with Gasteiger partial charge in [-0.2, -0.15) is 18.3 Å². The van der Waals surface area contributed by atoms with Crippen molar-refractivity contribution >= 4 is 11.9 Å². The van der Waals surface area contributed by atoms with Gasteiger partial charge in [-0.05, 0) is 25.3 Å². The molecule has 30 heavy (non-hydrogen) atoms. The number of rotatable bonds is 3. The minimum Gasteiger partial charge on any atom is -0.475 e. The van der Waals surface area contributed by atoms with Crippen molar-refractivity contribution in [3.05, 3.63) is 42.3 Å². The van der Waals surface area contributed by atoms with Crippen LogP contribution in [-0.2, 0) is 29.2 Å². The summed E-state index contributed by atoms with van der Waals surface area (Å²) in [5.74, 6) is -0.606. The Kier molecular flexibility index (Phi) is 6.53.